The molecule has 4 rings (SSSR count). The molecule has 0 aliphatic carbocycles. The van der Waals surface area contributed by atoms with E-state index in [9.17, 15) is 18.4 Å². The van der Waals surface area contributed by atoms with Gasteiger partial charge in [-0.2, -0.15) is 0 Å². The maximum absolute atomic E-state index is 13.1. The highest BCUT2D eigenvalue weighted by molar-refractivity contribution is 6.00. The van der Waals surface area contributed by atoms with E-state index in [-0.39, 0.29) is 29.5 Å². The normalized spacial score (nSPS) is 13.3. The van der Waals surface area contributed by atoms with Gasteiger partial charge < -0.3 is 30.6 Å². The number of anilines is 2. The maximum atomic E-state index is 13.1. The van der Waals surface area contributed by atoms with Gasteiger partial charge in [-0.3, -0.25) is 9.78 Å². The van der Waals surface area contributed by atoms with E-state index in [1.807, 2.05) is 0 Å². The lowest BCUT2D eigenvalue weighted by Gasteiger charge is -2.10. The Bertz CT molecular complexity index is 1170. The van der Waals surface area contributed by atoms with Gasteiger partial charge in [-0.05, 0) is 54.1 Å². The fourth-order valence-electron chi connectivity index (χ4n) is 2.82. The number of benzene rings is 2. The summed E-state index contributed by atoms with van der Waals surface area (Å²) in [6.45, 7) is 0.194. The van der Waals surface area contributed by atoms with Crippen LogP contribution in [0.5, 0.6) is 17.2 Å². The first-order valence-electron chi connectivity index (χ1n) is 9.23. The molecule has 3 amide bonds. The van der Waals surface area contributed by atoms with Crippen molar-refractivity contribution in [2.75, 3.05) is 10.6 Å². The van der Waals surface area contributed by atoms with E-state index in [2.05, 4.69) is 25.1 Å². The predicted molar refractivity (Wildman–Crippen MR) is 109 cm³/mol. The number of pyridine rings is 1. The number of nitrogens with two attached hydrogens (primary N) is 1. The van der Waals surface area contributed by atoms with Crippen LogP contribution in [0, 0.1) is 0 Å². The molecule has 11 heteroatoms. The monoisotopic (exact) mass is 442 g/mol. The number of amides is 3. The lowest BCUT2D eigenvalue weighted by molar-refractivity contribution is -0.286. The Balaban J connectivity index is 1.30. The zero-order valence-electron chi connectivity index (χ0n) is 16.3. The van der Waals surface area contributed by atoms with Crippen molar-refractivity contribution < 1.29 is 32.6 Å². The lowest BCUT2D eigenvalue weighted by Crippen LogP contribution is -2.25. The van der Waals surface area contributed by atoms with Gasteiger partial charge in [0.1, 0.15) is 18.1 Å². The zero-order chi connectivity index (χ0) is 22.7. The van der Waals surface area contributed by atoms with Crippen LogP contribution in [0.2, 0.25) is 0 Å². The Morgan fingerprint density at radius 1 is 0.969 bits per heavy atom. The average molecular weight is 442 g/mol. The number of nitrogens with zero attached hydrogens (tertiary/aromatic N) is 1. The van der Waals surface area contributed by atoms with E-state index in [0.29, 0.717) is 11.4 Å². The van der Waals surface area contributed by atoms with Crippen LogP contribution >= 0.6 is 0 Å². The second kappa shape index (κ2) is 8.38. The van der Waals surface area contributed by atoms with Gasteiger partial charge in [-0.15, -0.1) is 8.78 Å². The fraction of sp³-hybridized carbons (Fsp3) is 0.0952. The van der Waals surface area contributed by atoms with Crippen LogP contribution in [0.1, 0.15) is 16.1 Å². The van der Waals surface area contributed by atoms with Gasteiger partial charge in [0.2, 0.25) is 0 Å². The molecule has 2 heterocycles. The zero-order valence-corrected chi connectivity index (χ0v) is 16.3. The number of carbonyl (C=O) groups is 2. The highest BCUT2D eigenvalue weighted by Crippen LogP contribution is 2.42. The first kappa shape index (κ1) is 20.8. The van der Waals surface area contributed by atoms with E-state index in [0.717, 1.165) is 5.56 Å². The molecule has 32 heavy (non-hydrogen) atoms. The molecular weight excluding hydrogens is 426 g/mol. The number of ether oxygens (including phenoxy) is 3. The summed E-state index contributed by atoms with van der Waals surface area (Å²) in [6, 6.07) is 13.1. The largest absolute Gasteiger partial charge is 0.586 e. The Labute approximate surface area is 180 Å². The third kappa shape index (κ3) is 5.01. The highest BCUT2D eigenvalue weighted by atomic mass is 19.3. The van der Waals surface area contributed by atoms with Crippen LogP contribution in [0.25, 0.3) is 0 Å². The van der Waals surface area contributed by atoms with Gasteiger partial charge in [0, 0.05) is 23.6 Å². The molecule has 0 spiro atoms. The number of aromatic nitrogens is 1. The van der Waals surface area contributed by atoms with Crippen LogP contribution in [-0.2, 0) is 6.61 Å². The topological polar surface area (TPSA) is 125 Å². The molecule has 0 saturated heterocycles. The van der Waals surface area contributed by atoms with Crippen LogP contribution in [0.4, 0.5) is 25.0 Å². The van der Waals surface area contributed by atoms with E-state index < -0.39 is 18.2 Å². The molecule has 0 atom stereocenters. The van der Waals surface area contributed by atoms with Gasteiger partial charge in [0.15, 0.2) is 11.5 Å². The number of nitrogens with one attached hydrogen (secondary N) is 2. The molecule has 4 N–H and O–H groups in total. The van der Waals surface area contributed by atoms with E-state index in [4.69, 9.17) is 10.5 Å². The van der Waals surface area contributed by atoms with Crippen LogP contribution in [0.3, 0.4) is 0 Å². The molecule has 9 nitrogen and oxygen atoms in total. The van der Waals surface area contributed by atoms with E-state index in [1.165, 1.54) is 24.4 Å². The summed E-state index contributed by atoms with van der Waals surface area (Å²) in [7, 11) is 0. The fourth-order valence-corrected chi connectivity index (χ4v) is 2.82. The molecule has 3 aromatic rings. The van der Waals surface area contributed by atoms with Gasteiger partial charge in [-0.25, -0.2) is 4.79 Å². The summed E-state index contributed by atoms with van der Waals surface area (Å²) in [4.78, 5) is 27.2. The molecule has 0 saturated carbocycles. The number of fused-ring (bicyclic) bond motifs is 1. The summed E-state index contributed by atoms with van der Waals surface area (Å²) >= 11 is 0. The summed E-state index contributed by atoms with van der Waals surface area (Å²) in [6.07, 6.45) is -2.26. The number of primary amides is 1. The van der Waals surface area contributed by atoms with Crippen LogP contribution in [-0.4, -0.2) is 23.2 Å². The van der Waals surface area contributed by atoms with Crippen molar-refractivity contribution in [2.45, 2.75) is 12.9 Å². The number of rotatable bonds is 6. The first-order valence-corrected chi connectivity index (χ1v) is 9.23. The Hall–Kier alpha value is -4.41. The quantitative estimate of drug-likeness (QED) is 0.534. The Morgan fingerprint density at radius 2 is 1.66 bits per heavy atom. The van der Waals surface area contributed by atoms with Gasteiger partial charge in [0.05, 0.1) is 0 Å². The maximum Gasteiger partial charge on any atom is 0.586 e. The van der Waals surface area contributed by atoms with Crippen LogP contribution in [0.15, 0.2) is 60.8 Å². The molecular formula is C21H16F2N4O5. The SMILES string of the molecule is NC(=O)c1cc(COc2ccc(NC(=O)Nc3ccc4c(c3)OC(F)(F)O4)cc2)ccn1. The van der Waals surface area contributed by atoms with Crippen molar-refractivity contribution in [1.82, 2.24) is 4.98 Å². The summed E-state index contributed by atoms with van der Waals surface area (Å²) < 4.78 is 40.5. The third-order valence-electron chi connectivity index (χ3n) is 4.25. The minimum absolute atomic E-state index is 0.117. The van der Waals surface area contributed by atoms with Crippen molar-refractivity contribution in [3.63, 3.8) is 0 Å². The highest BCUT2D eigenvalue weighted by Gasteiger charge is 2.43. The number of hydrogen-bond acceptors (Lipinski definition) is 6. The molecule has 0 unspecified atom stereocenters. The standard InChI is InChI=1S/C21H16F2N4O5/c22-21(23)31-17-6-3-14(10-18(17)32-21)27-20(29)26-13-1-4-15(5-2-13)30-11-12-7-8-25-16(9-12)19(24)28/h1-10H,11H2,(H2,24,28)(H2,26,27,29). The number of halogens is 2. The van der Waals surface area contributed by atoms with E-state index in [1.54, 1.807) is 36.4 Å². The van der Waals surface area contributed by atoms with Crippen molar-refractivity contribution in [2.24, 2.45) is 5.73 Å². The molecule has 0 bridgehead atoms. The van der Waals surface area contributed by atoms with Gasteiger partial charge in [-0.1, -0.05) is 0 Å². The molecule has 164 valence electrons. The minimum Gasteiger partial charge on any atom is -0.489 e. The molecule has 1 aliphatic heterocycles. The first-order chi connectivity index (χ1) is 15.3. The van der Waals surface area contributed by atoms with Crippen molar-refractivity contribution >= 4 is 23.3 Å². The second-order valence-electron chi connectivity index (χ2n) is 6.63. The molecule has 1 aromatic heterocycles. The molecule has 1 aliphatic rings. The minimum atomic E-state index is -3.73. The summed E-state index contributed by atoms with van der Waals surface area (Å²) in [5.74, 6) is -0.384. The van der Waals surface area contributed by atoms with Crippen molar-refractivity contribution in [3.8, 4) is 17.2 Å². The Morgan fingerprint density at radius 3 is 2.41 bits per heavy atom. The van der Waals surface area contributed by atoms with Gasteiger partial charge in [0.25, 0.3) is 5.91 Å². The number of hydrogen-bond donors (Lipinski definition) is 3. The second-order valence-corrected chi connectivity index (χ2v) is 6.63. The smallest absolute Gasteiger partial charge is 0.489 e. The van der Waals surface area contributed by atoms with Crippen molar-refractivity contribution in [1.29, 1.82) is 0 Å². The number of carbonyl (C=O) groups excluding carboxylic acids is 2. The predicted octanol–water partition coefficient (Wildman–Crippen LogP) is 3.73. The molecule has 0 radical (unpaired) electrons. The summed E-state index contributed by atoms with van der Waals surface area (Å²) in [5.41, 5.74) is 6.79. The average Bonchev–Trinajstić information content (AvgIpc) is 3.06. The number of urea groups is 1. The van der Waals surface area contributed by atoms with Gasteiger partial charge >= 0.3 is 12.3 Å². The lowest BCUT2D eigenvalue weighted by atomic mass is 10.2. The third-order valence-corrected chi connectivity index (χ3v) is 4.25. The number of alkyl halides is 2. The Kier molecular flexibility index (Phi) is 5.46. The molecule has 2 aromatic carbocycles. The van der Waals surface area contributed by atoms with Crippen LogP contribution < -0.4 is 30.6 Å². The molecule has 0 fully saturated rings. The summed E-state index contributed by atoms with van der Waals surface area (Å²) in [5, 5.41) is 5.13. The van der Waals surface area contributed by atoms with E-state index >= 15 is 0 Å². The van der Waals surface area contributed by atoms with Crippen molar-refractivity contribution in [3.05, 3.63) is 72.1 Å².